The number of aromatic nitrogens is 6. The molecule has 1 aliphatic rings. The standard InChI is InChI=1S/C20H22ClN7O/c1-2-29-15-5-3-14(4-6-15)25-19-22-10-17-16(7-8-28(17)26-19)13-9-23-20-24-11-18(21)27(20)12-13/h7-12,14-15H,2-6H2,1H3,(H,25,26)/t14-,15-. The molecule has 29 heavy (non-hydrogen) atoms. The van der Waals surface area contributed by atoms with Crippen LogP contribution in [-0.2, 0) is 4.74 Å². The van der Waals surface area contributed by atoms with E-state index in [0.29, 0.717) is 29.0 Å². The van der Waals surface area contributed by atoms with Crippen molar-refractivity contribution in [1.29, 1.82) is 0 Å². The first kappa shape index (κ1) is 18.3. The van der Waals surface area contributed by atoms with Gasteiger partial charge in [-0.25, -0.2) is 19.5 Å². The van der Waals surface area contributed by atoms with Gasteiger partial charge in [-0.15, -0.1) is 5.10 Å². The van der Waals surface area contributed by atoms with E-state index in [4.69, 9.17) is 16.3 Å². The number of halogens is 1. The van der Waals surface area contributed by atoms with Gasteiger partial charge in [0.25, 0.3) is 0 Å². The van der Waals surface area contributed by atoms with Gasteiger partial charge in [0, 0.05) is 42.4 Å². The molecule has 0 bridgehead atoms. The van der Waals surface area contributed by atoms with Gasteiger partial charge in [-0.05, 0) is 38.7 Å². The van der Waals surface area contributed by atoms with Crippen LogP contribution >= 0.6 is 11.6 Å². The first-order chi connectivity index (χ1) is 14.2. The Hall–Kier alpha value is -2.71. The SMILES string of the molecule is CCO[C@H]1CC[C@H](Nc2ncc3c(-c4cnc5ncc(Cl)n5c4)ccn3n2)CC1. The number of nitrogens with zero attached hydrogens (tertiary/aromatic N) is 6. The van der Waals surface area contributed by atoms with Crippen molar-refractivity contribution in [2.24, 2.45) is 0 Å². The minimum atomic E-state index is 0.383. The highest BCUT2D eigenvalue weighted by molar-refractivity contribution is 6.29. The third-order valence-corrected chi connectivity index (χ3v) is 5.74. The molecule has 8 nitrogen and oxygen atoms in total. The normalized spacial score (nSPS) is 19.8. The third-order valence-electron chi connectivity index (χ3n) is 5.46. The topological polar surface area (TPSA) is 81.6 Å². The molecular formula is C20H22ClN7O. The number of anilines is 1. The molecule has 5 rings (SSSR count). The van der Waals surface area contributed by atoms with Crippen LogP contribution in [0.1, 0.15) is 32.6 Å². The van der Waals surface area contributed by atoms with Crippen molar-refractivity contribution in [3.8, 4) is 11.1 Å². The molecule has 0 atom stereocenters. The van der Waals surface area contributed by atoms with E-state index >= 15 is 0 Å². The monoisotopic (exact) mass is 411 g/mol. The van der Waals surface area contributed by atoms with Crippen LogP contribution in [0.4, 0.5) is 5.95 Å². The van der Waals surface area contributed by atoms with E-state index in [0.717, 1.165) is 48.9 Å². The summed E-state index contributed by atoms with van der Waals surface area (Å²) < 4.78 is 9.33. The summed E-state index contributed by atoms with van der Waals surface area (Å²) >= 11 is 6.18. The Labute approximate surface area is 172 Å². The van der Waals surface area contributed by atoms with Crippen molar-refractivity contribution >= 4 is 28.8 Å². The summed E-state index contributed by atoms with van der Waals surface area (Å²) in [6.45, 7) is 2.84. The number of fused-ring (bicyclic) bond motifs is 2. The first-order valence-electron chi connectivity index (χ1n) is 9.93. The lowest BCUT2D eigenvalue weighted by Gasteiger charge is -2.28. The molecule has 9 heteroatoms. The average molecular weight is 412 g/mol. The second-order valence-electron chi connectivity index (χ2n) is 7.31. The van der Waals surface area contributed by atoms with Crippen molar-refractivity contribution in [2.45, 2.75) is 44.8 Å². The van der Waals surface area contributed by atoms with Gasteiger partial charge in [-0.2, -0.15) is 0 Å². The molecule has 0 aliphatic heterocycles. The smallest absolute Gasteiger partial charge is 0.241 e. The zero-order valence-corrected chi connectivity index (χ0v) is 16.9. The number of hydrogen-bond acceptors (Lipinski definition) is 6. The third kappa shape index (κ3) is 3.54. The molecular weight excluding hydrogens is 390 g/mol. The van der Waals surface area contributed by atoms with E-state index in [9.17, 15) is 0 Å². The molecule has 1 fully saturated rings. The van der Waals surface area contributed by atoms with E-state index in [1.165, 1.54) is 0 Å². The van der Waals surface area contributed by atoms with E-state index < -0.39 is 0 Å². The fourth-order valence-corrected chi connectivity index (χ4v) is 4.16. The molecule has 1 N–H and O–H groups in total. The van der Waals surface area contributed by atoms with Gasteiger partial charge >= 0.3 is 0 Å². The minimum Gasteiger partial charge on any atom is -0.379 e. The summed E-state index contributed by atoms with van der Waals surface area (Å²) in [5.41, 5.74) is 2.83. The predicted molar refractivity (Wildman–Crippen MR) is 111 cm³/mol. The summed E-state index contributed by atoms with van der Waals surface area (Å²) in [5, 5.41) is 8.64. The maximum Gasteiger partial charge on any atom is 0.241 e. The quantitative estimate of drug-likeness (QED) is 0.537. The molecule has 0 saturated heterocycles. The second kappa shape index (κ2) is 7.61. The lowest BCUT2D eigenvalue weighted by molar-refractivity contribution is 0.0346. The molecule has 0 aromatic carbocycles. The minimum absolute atomic E-state index is 0.383. The van der Waals surface area contributed by atoms with Gasteiger partial charge in [0.1, 0.15) is 5.15 Å². The number of rotatable bonds is 5. The van der Waals surface area contributed by atoms with Gasteiger partial charge in [-0.1, -0.05) is 11.6 Å². The van der Waals surface area contributed by atoms with Gasteiger partial charge in [0.05, 0.1) is 24.0 Å². The van der Waals surface area contributed by atoms with Crippen LogP contribution in [-0.4, -0.2) is 47.7 Å². The molecule has 4 aromatic heterocycles. The Kier molecular flexibility index (Phi) is 4.81. The van der Waals surface area contributed by atoms with Crippen molar-refractivity contribution in [3.05, 3.63) is 42.2 Å². The number of ether oxygens (including phenoxy) is 1. The Morgan fingerprint density at radius 2 is 1.97 bits per heavy atom. The first-order valence-corrected chi connectivity index (χ1v) is 10.3. The summed E-state index contributed by atoms with van der Waals surface area (Å²) in [7, 11) is 0. The van der Waals surface area contributed by atoms with Crippen LogP contribution in [0.3, 0.4) is 0 Å². The van der Waals surface area contributed by atoms with Crippen LogP contribution in [0.2, 0.25) is 5.15 Å². The molecule has 4 aromatic rings. The Morgan fingerprint density at radius 3 is 2.79 bits per heavy atom. The Balaban J connectivity index is 1.36. The lowest BCUT2D eigenvalue weighted by atomic mass is 9.93. The maximum atomic E-state index is 6.18. The Morgan fingerprint density at radius 1 is 1.14 bits per heavy atom. The van der Waals surface area contributed by atoms with Crippen LogP contribution < -0.4 is 5.32 Å². The molecule has 0 spiro atoms. The van der Waals surface area contributed by atoms with Crippen molar-refractivity contribution in [1.82, 2.24) is 29.0 Å². The number of imidazole rings is 1. The van der Waals surface area contributed by atoms with E-state index in [-0.39, 0.29) is 0 Å². The molecule has 0 amide bonds. The van der Waals surface area contributed by atoms with E-state index in [1.54, 1.807) is 16.8 Å². The maximum absolute atomic E-state index is 6.18. The fourth-order valence-electron chi connectivity index (χ4n) is 3.99. The molecule has 4 heterocycles. The zero-order chi connectivity index (χ0) is 19.8. The van der Waals surface area contributed by atoms with Crippen LogP contribution in [0.5, 0.6) is 0 Å². The number of hydrogen-bond donors (Lipinski definition) is 1. The predicted octanol–water partition coefficient (Wildman–Crippen LogP) is 3.85. The van der Waals surface area contributed by atoms with Gasteiger partial charge in [0.15, 0.2) is 0 Å². The summed E-state index contributed by atoms with van der Waals surface area (Å²) in [5.74, 6) is 1.22. The van der Waals surface area contributed by atoms with Crippen LogP contribution in [0.15, 0.2) is 37.1 Å². The highest BCUT2D eigenvalue weighted by Crippen LogP contribution is 2.27. The van der Waals surface area contributed by atoms with E-state index in [2.05, 4.69) is 32.3 Å². The van der Waals surface area contributed by atoms with Crippen LogP contribution in [0, 0.1) is 0 Å². The highest BCUT2D eigenvalue weighted by atomic mass is 35.5. The van der Waals surface area contributed by atoms with Crippen molar-refractivity contribution in [3.63, 3.8) is 0 Å². The van der Waals surface area contributed by atoms with Crippen molar-refractivity contribution < 1.29 is 4.74 Å². The fraction of sp³-hybridized carbons (Fsp3) is 0.400. The summed E-state index contributed by atoms with van der Waals surface area (Å²) in [4.78, 5) is 13.1. The molecule has 1 aliphatic carbocycles. The van der Waals surface area contributed by atoms with E-state index in [1.807, 2.05) is 29.2 Å². The second-order valence-corrected chi connectivity index (χ2v) is 7.70. The lowest BCUT2D eigenvalue weighted by Crippen LogP contribution is -2.30. The Bertz CT molecular complexity index is 1150. The zero-order valence-electron chi connectivity index (χ0n) is 16.1. The largest absolute Gasteiger partial charge is 0.379 e. The molecule has 1 saturated carbocycles. The summed E-state index contributed by atoms with van der Waals surface area (Å²) in [6, 6.07) is 2.39. The average Bonchev–Trinajstić information content (AvgIpc) is 3.33. The summed E-state index contributed by atoms with van der Waals surface area (Å²) in [6.07, 6.45) is 13.8. The van der Waals surface area contributed by atoms with Gasteiger partial charge in [-0.3, -0.25) is 4.40 Å². The van der Waals surface area contributed by atoms with Gasteiger partial charge < -0.3 is 10.1 Å². The highest BCUT2D eigenvalue weighted by Gasteiger charge is 2.22. The number of nitrogens with one attached hydrogen (secondary N) is 1. The van der Waals surface area contributed by atoms with Crippen molar-refractivity contribution in [2.75, 3.05) is 11.9 Å². The van der Waals surface area contributed by atoms with Gasteiger partial charge in [0.2, 0.25) is 11.7 Å². The molecule has 150 valence electrons. The van der Waals surface area contributed by atoms with Crippen LogP contribution in [0.25, 0.3) is 22.4 Å². The molecule has 0 radical (unpaired) electrons. The molecule has 0 unspecified atom stereocenters.